The largest absolute Gasteiger partial charge is 0.344 e. The lowest BCUT2D eigenvalue weighted by Crippen LogP contribution is -2.54. The molecule has 0 aliphatic carbocycles. The van der Waals surface area contributed by atoms with E-state index in [2.05, 4.69) is 28.9 Å². The fourth-order valence-electron chi connectivity index (χ4n) is 3.91. The van der Waals surface area contributed by atoms with E-state index in [-0.39, 0.29) is 10.7 Å². The summed E-state index contributed by atoms with van der Waals surface area (Å²) in [4.78, 5) is 27.4. The Kier molecular flexibility index (Phi) is 6.06. The zero-order valence-corrected chi connectivity index (χ0v) is 19.2. The average Bonchev–Trinajstić information content (AvgIpc) is 3.05. The number of rotatable bonds is 5. The second kappa shape index (κ2) is 8.93. The van der Waals surface area contributed by atoms with Gasteiger partial charge in [0.05, 0.1) is 5.69 Å². The van der Waals surface area contributed by atoms with Gasteiger partial charge in [0, 0.05) is 17.9 Å². The molecular weight excluding hydrogens is 418 g/mol. The molecule has 1 aliphatic heterocycles. The number of anilines is 1. The van der Waals surface area contributed by atoms with Crippen LogP contribution in [0.4, 0.5) is 5.69 Å². The summed E-state index contributed by atoms with van der Waals surface area (Å²) in [5, 5.41) is 2.75. The van der Waals surface area contributed by atoms with Gasteiger partial charge in [-0.15, -0.1) is 0 Å². The number of amides is 2. The highest BCUT2D eigenvalue weighted by Crippen LogP contribution is 2.25. The molecule has 0 saturated carbocycles. The second-order valence-corrected chi connectivity index (χ2v) is 8.26. The summed E-state index contributed by atoms with van der Waals surface area (Å²) < 4.78 is 2.18. The van der Waals surface area contributed by atoms with Crippen LogP contribution in [0.1, 0.15) is 35.0 Å². The lowest BCUT2D eigenvalue weighted by atomic mass is 10.1. The quantitative estimate of drug-likeness (QED) is 0.358. The molecule has 162 valence electrons. The van der Waals surface area contributed by atoms with Crippen LogP contribution < -0.4 is 10.2 Å². The maximum absolute atomic E-state index is 13.3. The molecule has 6 heteroatoms. The van der Waals surface area contributed by atoms with E-state index in [1.165, 1.54) is 10.5 Å². The number of carbonyl (C=O) groups is 2. The summed E-state index contributed by atoms with van der Waals surface area (Å²) >= 11 is 5.31. The molecule has 1 N–H and O–H groups in total. The molecule has 1 fully saturated rings. The van der Waals surface area contributed by atoms with Crippen molar-refractivity contribution in [3.05, 3.63) is 94.3 Å². The maximum atomic E-state index is 13.3. The van der Waals surface area contributed by atoms with Gasteiger partial charge in [-0.3, -0.25) is 19.8 Å². The van der Waals surface area contributed by atoms with Crippen molar-refractivity contribution in [1.82, 2.24) is 9.88 Å². The van der Waals surface area contributed by atoms with Gasteiger partial charge in [0.25, 0.3) is 11.8 Å². The molecule has 2 heterocycles. The summed E-state index contributed by atoms with van der Waals surface area (Å²) in [6.07, 6.45) is 2.57. The minimum absolute atomic E-state index is 0.0677. The van der Waals surface area contributed by atoms with Gasteiger partial charge in [0.15, 0.2) is 5.11 Å². The topological polar surface area (TPSA) is 54.3 Å². The van der Waals surface area contributed by atoms with Crippen LogP contribution in [0, 0.1) is 13.8 Å². The Balaban J connectivity index is 1.68. The Morgan fingerprint density at radius 1 is 0.969 bits per heavy atom. The first-order valence-corrected chi connectivity index (χ1v) is 11.0. The van der Waals surface area contributed by atoms with Crippen LogP contribution >= 0.6 is 12.2 Å². The van der Waals surface area contributed by atoms with E-state index in [4.69, 9.17) is 12.2 Å². The van der Waals surface area contributed by atoms with Gasteiger partial charge in [-0.25, -0.2) is 0 Å². The third-order valence-electron chi connectivity index (χ3n) is 5.80. The molecule has 0 unspecified atom stereocenters. The smallest absolute Gasteiger partial charge is 0.270 e. The van der Waals surface area contributed by atoms with Crippen molar-refractivity contribution in [2.24, 2.45) is 0 Å². The highest BCUT2D eigenvalue weighted by molar-refractivity contribution is 7.80. The molecule has 0 bridgehead atoms. The molecule has 4 rings (SSSR count). The van der Waals surface area contributed by atoms with Crippen LogP contribution in [-0.2, 0) is 22.6 Å². The Bertz CT molecular complexity index is 1220. The van der Waals surface area contributed by atoms with Crippen LogP contribution in [0.15, 0.2) is 66.2 Å². The van der Waals surface area contributed by atoms with E-state index < -0.39 is 11.8 Å². The zero-order valence-electron chi connectivity index (χ0n) is 18.4. The molecule has 5 nitrogen and oxygen atoms in total. The molecule has 32 heavy (non-hydrogen) atoms. The van der Waals surface area contributed by atoms with E-state index in [1.54, 1.807) is 6.08 Å². The maximum Gasteiger partial charge on any atom is 0.270 e. The van der Waals surface area contributed by atoms with Gasteiger partial charge in [-0.2, -0.15) is 0 Å². The van der Waals surface area contributed by atoms with Crippen molar-refractivity contribution >= 4 is 40.9 Å². The van der Waals surface area contributed by atoms with Crippen LogP contribution in [0.25, 0.3) is 6.08 Å². The minimum Gasteiger partial charge on any atom is -0.344 e. The van der Waals surface area contributed by atoms with Crippen LogP contribution in [0.5, 0.6) is 0 Å². The lowest BCUT2D eigenvalue weighted by molar-refractivity contribution is -0.122. The Hall–Kier alpha value is -3.51. The molecule has 0 spiro atoms. The molecule has 0 atom stereocenters. The molecular formula is C26H25N3O2S. The van der Waals surface area contributed by atoms with Crippen molar-refractivity contribution in [2.75, 3.05) is 4.90 Å². The second-order valence-electron chi connectivity index (χ2n) is 7.88. The monoisotopic (exact) mass is 443 g/mol. The van der Waals surface area contributed by atoms with E-state index in [0.717, 1.165) is 35.5 Å². The SMILES string of the molecule is CCc1ccc(N2C(=O)C(=Cc3cc(C)n(Cc4ccccc4)c3C)C(=O)NC2=S)cc1. The van der Waals surface area contributed by atoms with Crippen molar-refractivity contribution < 1.29 is 9.59 Å². The van der Waals surface area contributed by atoms with Crippen LogP contribution in [-0.4, -0.2) is 21.5 Å². The summed E-state index contributed by atoms with van der Waals surface area (Å²) in [6, 6.07) is 19.8. The van der Waals surface area contributed by atoms with Gasteiger partial charge < -0.3 is 4.57 Å². The van der Waals surface area contributed by atoms with Crippen molar-refractivity contribution in [3.8, 4) is 0 Å². The number of hydrogen-bond acceptors (Lipinski definition) is 3. The van der Waals surface area contributed by atoms with Gasteiger partial charge in [0.2, 0.25) is 0 Å². The Morgan fingerprint density at radius 2 is 1.66 bits per heavy atom. The number of thiocarbonyl (C=S) groups is 1. The van der Waals surface area contributed by atoms with E-state index in [1.807, 2.05) is 62.4 Å². The summed E-state index contributed by atoms with van der Waals surface area (Å²) in [6.45, 7) is 6.82. The highest BCUT2D eigenvalue weighted by Gasteiger charge is 2.34. The molecule has 0 radical (unpaired) electrons. The Morgan fingerprint density at radius 3 is 2.31 bits per heavy atom. The number of aryl methyl sites for hydroxylation is 2. The van der Waals surface area contributed by atoms with E-state index in [9.17, 15) is 9.59 Å². The van der Waals surface area contributed by atoms with Crippen LogP contribution in [0.3, 0.4) is 0 Å². The fourth-order valence-corrected chi connectivity index (χ4v) is 4.19. The van der Waals surface area contributed by atoms with Gasteiger partial charge in [-0.05, 0) is 73.5 Å². The molecule has 1 aromatic heterocycles. The predicted octanol–water partition coefficient (Wildman–Crippen LogP) is 4.55. The van der Waals surface area contributed by atoms with E-state index >= 15 is 0 Å². The first kappa shape index (κ1) is 21.7. The third kappa shape index (κ3) is 4.14. The summed E-state index contributed by atoms with van der Waals surface area (Å²) in [5.41, 5.74) is 5.94. The standard InChI is InChI=1S/C26H25N3O2S/c1-4-19-10-12-22(13-11-19)29-25(31)23(24(30)27-26(29)32)15-21-14-17(2)28(18(21)3)16-20-8-6-5-7-9-20/h5-15H,4,16H2,1-3H3,(H,27,30,32). The lowest BCUT2D eigenvalue weighted by Gasteiger charge is -2.29. The van der Waals surface area contributed by atoms with Crippen molar-refractivity contribution in [2.45, 2.75) is 33.7 Å². The van der Waals surface area contributed by atoms with Crippen molar-refractivity contribution in [3.63, 3.8) is 0 Å². The minimum atomic E-state index is -0.478. The van der Waals surface area contributed by atoms with Crippen LogP contribution in [0.2, 0.25) is 0 Å². The fraction of sp³-hybridized carbons (Fsp3) is 0.192. The molecule has 3 aromatic rings. The van der Waals surface area contributed by atoms with Gasteiger partial charge in [-0.1, -0.05) is 49.4 Å². The summed E-state index contributed by atoms with van der Waals surface area (Å²) in [7, 11) is 0. The first-order chi connectivity index (χ1) is 15.4. The zero-order chi connectivity index (χ0) is 22.8. The third-order valence-corrected chi connectivity index (χ3v) is 6.09. The molecule has 1 saturated heterocycles. The average molecular weight is 444 g/mol. The Labute approximate surface area is 193 Å². The number of carbonyl (C=O) groups excluding carboxylic acids is 2. The highest BCUT2D eigenvalue weighted by atomic mass is 32.1. The first-order valence-electron chi connectivity index (χ1n) is 10.6. The van der Waals surface area contributed by atoms with Gasteiger partial charge >= 0.3 is 0 Å². The molecule has 1 aliphatic rings. The molecule has 2 amide bonds. The number of aromatic nitrogens is 1. The number of benzene rings is 2. The predicted molar refractivity (Wildman–Crippen MR) is 131 cm³/mol. The summed E-state index contributed by atoms with van der Waals surface area (Å²) in [5.74, 6) is -0.898. The van der Waals surface area contributed by atoms with Crippen molar-refractivity contribution in [1.29, 1.82) is 0 Å². The normalized spacial score (nSPS) is 15.4. The van der Waals surface area contributed by atoms with E-state index in [0.29, 0.717) is 5.69 Å². The van der Waals surface area contributed by atoms with Gasteiger partial charge in [0.1, 0.15) is 5.57 Å². The number of nitrogens with zero attached hydrogens (tertiary/aromatic N) is 2. The molecule has 2 aromatic carbocycles. The number of hydrogen-bond donors (Lipinski definition) is 1. The number of nitrogens with one attached hydrogen (secondary N) is 1.